The molecule has 6 heteroatoms. The molecule has 1 fully saturated rings. The molecule has 2 nitrogen and oxygen atoms in total. The number of rotatable bonds is 1. The molecular weight excluding hydrogens is 166 g/mol. The van der Waals surface area contributed by atoms with Gasteiger partial charge in [0.05, 0.1) is 0 Å². The highest BCUT2D eigenvalue weighted by molar-refractivity contribution is 5.90. The molecule has 0 aromatic rings. The van der Waals surface area contributed by atoms with E-state index in [0.29, 0.717) is 6.08 Å². The molecule has 0 unspecified atom stereocenters. The van der Waals surface area contributed by atoms with Gasteiger partial charge in [-0.2, -0.15) is 17.6 Å². The van der Waals surface area contributed by atoms with E-state index in [2.05, 4.69) is 6.58 Å². The molecule has 1 amide bonds. The van der Waals surface area contributed by atoms with Crippen LogP contribution in [0.25, 0.3) is 0 Å². The summed E-state index contributed by atoms with van der Waals surface area (Å²) in [4.78, 5) is 9.43. The lowest BCUT2D eigenvalue weighted by Crippen LogP contribution is -2.14. The summed E-state index contributed by atoms with van der Waals surface area (Å²) in [5.41, 5.74) is 0. The summed E-state index contributed by atoms with van der Waals surface area (Å²) in [6, 6.07) is -8.67. The van der Waals surface area contributed by atoms with Gasteiger partial charge < -0.3 is 0 Å². The molecule has 0 saturated carbocycles. The third-order valence-electron chi connectivity index (χ3n) is 1.27. The Balaban J connectivity index is 2.83. The third-order valence-corrected chi connectivity index (χ3v) is 1.27. The van der Waals surface area contributed by atoms with Crippen molar-refractivity contribution >= 4 is 5.91 Å². The van der Waals surface area contributed by atoms with Crippen molar-refractivity contribution in [2.24, 2.45) is 0 Å². The first-order valence-corrected chi connectivity index (χ1v) is 2.58. The topological polar surface area (TPSA) is 20.1 Å². The Bertz CT molecular complexity index is 211. The monoisotopic (exact) mass is 169 g/mol. The number of carbonyl (C=O) groups is 1. The predicted octanol–water partition coefficient (Wildman–Crippen LogP) is 1.20. The fraction of sp³-hybridized carbons (Fsp3) is 0.400. The molecule has 1 rings (SSSR count). The Morgan fingerprint density at radius 2 is 1.64 bits per heavy atom. The van der Waals surface area contributed by atoms with Crippen molar-refractivity contribution in [1.82, 2.24) is 4.90 Å². The molecule has 0 N–H and O–H groups in total. The van der Waals surface area contributed by atoms with Crippen molar-refractivity contribution in [2.75, 3.05) is 0 Å². The molecule has 1 saturated heterocycles. The summed E-state index contributed by atoms with van der Waals surface area (Å²) < 4.78 is 47.7. The Labute approximate surface area is 59.1 Å². The van der Waals surface area contributed by atoms with Gasteiger partial charge in [0.15, 0.2) is 0 Å². The second kappa shape index (κ2) is 1.75. The Kier molecular flexibility index (Phi) is 1.28. The maximum absolute atomic E-state index is 11.9. The van der Waals surface area contributed by atoms with Gasteiger partial charge in [0.2, 0.25) is 0 Å². The van der Waals surface area contributed by atoms with Gasteiger partial charge in [-0.05, 0) is 6.08 Å². The van der Waals surface area contributed by atoms with Crippen LogP contribution in [0.2, 0.25) is 0 Å². The number of nitrogens with zero attached hydrogens (tertiary/aromatic N) is 1. The molecule has 0 aromatic heterocycles. The number of amides is 1. The van der Waals surface area contributed by atoms with Crippen LogP contribution in [0.1, 0.15) is 0 Å². The van der Waals surface area contributed by atoms with Crippen LogP contribution in [0, 0.1) is 0 Å². The molecule has 0 aromatic carbocycles. The van der Waals surface area contributed by atoms with Gasteiger partial charge in [-0.3, -0.25) is 4.79 Å². The molecule has 0 spiro atoms. The zero-order valence-electron chi connectivity index (χ0n) is 5.15. The third kappa shape index (κ3) is 0.749. The van der Waals surface area contributed by atoms with Crippen LogP contribution in [0.15, 0.2) is 12.7 Å². The van der Waals surface area contributed by atoms with Crippen molar-refractivity contribution in [1.29, 1.82) is 0 Å². The summed E-state index contributed by atoms with van der Waals surface area (Å²) in [5, 5.41) is 0. The molecule has 1 aliphatic heterocycles. The summed E-state index contributed by atoms with van der Waals surface area (Å²) in [6.07, 6.45) is 0.412. The van der Waals surface area contributed by atoms with E-state index in [1.807, 2.05) is 0 Å². The molecule has 0 bridgehead atoms. The minimum Gasteiger partial charge on any atom is -0.269 e. The van der Waals surface area contributed by atoms with E-state index >= 15 is 0 Å². The van der Waals surface area contributed by atoms with Crippen molar-refractivity contribution in [3.63, 3.8) is 0 Å². The van der Waals surface area contributed by atoms with Crippen LogP contribution < -0.4 is 0 Å². The summed E-state index contributed by atoms with van der Waals surface area (Å²) in [6.45, 7) is 2.80. The van der Waals surface area contributed by atoms with Crippen LogP contribution in [-0.2, 0) is 4.79 Å². The summed E-state index contributed by atoms with van der Waals surface area (Å²) >= 11 is 0. The van der Waals surface area contributed by atoms with Crippen LogP contribution in [0.5, 0.6) is 0 Å². The van der Waals surface area contributed by atoms with Gasteiger partial charge in [-0.1, -0.05) is 6.58 Å². The van der Waals surface area contributed by atoms with Crippen molar-refractivity contribution in [3.8, 4) is 0 Å². The average molecular weight is 169 g/mol. The minimum atomic E-state index is -4.34. The zero-order chi connectivity index (χ0) is 8.86. The van der Waals surface area contributed by atoms with E-state index in [1.165, 1.54) is 0 Å². The van der Waals surface area contributed by atoms with E-state index in [1.54, 1.807) is 0 Å². The lowest BCUT2D eigenvalue weighted by Gasteiger charge is -1.91. The number of halogens is 4. The molecule has 0 atom stereocenters. The SMILES string of the molecule is C=CC(=O)N1C(F)(F)C1(F)F. The highest BCUT2D eigenvalue weighted by Gasteiger charge is 2.86. The smallest absolute Gasteiger partial charge is 0.269 e. The molecule has 1 aliphatic rings. The fourth-order valence-corrected chi connectivity index (χ4v) is 0.626. The van der Waals surface area contributed by atoms with Crippen molar-refractivity contribution in [3.05, 3.63) is 12.7 Å². The second-order valence-electron chi connectivity index (χ2n) is 1.96. The first-order chi connectivity index (χ1) is 4.85. The summed E-state index contributed by atoms with van der Waals surface area (Å²) in [5.74, 6) is -1.47. The Morgan fingerprint density at radius 1 is 1.27 bits per heavy atom. The lowest BCUT2D eigenvalue weighted by atomic mass is 10.6. The maximum Gasteiger partial charge on any atom is 0.416 e. The lowest BCUT2D eigenvalue weighted by molar-refractivity contribution is -0.127. The van der Waals surface area contributed by atoms with Crippen LogP contribution in [-0.4, -0.2) is 22.9 Å². The van der Waals surface area contributed by atoms with Gasteiger partial charge >= 0.3 is 12.1 Å². The second-order valence-corrected chi connectivity index (χ2v) is 1.96. The van der Waals surface area contributed by atoms with Gasteiger partial charge in [-0.25, -0.2) is 4.90 Å². The van der Waals surface area contributed by atoms with Gasteiger partial charge in [-0.15, -0.1) is 0 Å². The van der Waals surface area contributed by atoms with Gasteiger partial charge in [0.25, 0.3) is 5.91 Å². The molecule has 0 radical (unpaired) electrons. The maximum atomic E-state index is 11.9. The predicted molar refractivity (Wildman–Crippen MR) is 26.9 cm³/mol. The first kappa shape index (κ1) is 8.03. The molecule has 62 valence electrons. The minimum absolute atomic E-state index is 0.412. The Hall–Kier alpha value is -1.07. The number of hydrogen-bond donors (Lipinski definition) is 0. The van der Waals surface area contributed by atoms with Crippen LogP contribution >= 0.6 is 0 Å². The summed E-state index contributed by atoms with van der Waals surface area (Å²) in [7, 11) is 0. The zero-order valence-corrected chi connectivity index (χ0v) is 5.15. The van der Waals surface area contributed by atoms with Crippen molar-refractivity contribution < 1.29 is 22.4 Å². The normalized spacial score (nSPS) is 24.5. The Morgan fingerprint density at radius 3 is 1.73 bits per heavy atom. The number of hydrogen-bond acceptors (Lipinski definition) is 1. The van der Waals surface area contributed by atoms with Gasteiger partial charge in [0, 0.05) is 0 Å². The highest BCUT2D eigenvalue weighted by atomic mass is 19.3. The molecule has 11 heavy (non-hydrogen) atoms. The van der Waals surface area contributed by atoms with E-state index in [0.717, 1.165) is 0 Å². The van der Waals surface area contributed by atoms with E-state index in [-0.39, 0.29) is 0 Å². The number of alkyl halides is 4. The van der Waals surface area contributed by atoms with Crippen LogP contribution in [0.4, 0.5) is 17.6 Å². The molecular formula is C5H3F4NO. The largest absolute Gasteiger partial charge is 0.416 e. The fourth-order valence-electron chi connectivity index (χ4n) is 0.626. The average Bonchev–Trinajstić information content (AvgIpc) is 2.24. The molecule has 1 heterocycles. The standard InChI is InChI=1S/C5H3F4NO/c1-2-3(11)10-4(6,7)5(10,8)9/h2H,1H2. The molecule has 0 aliphatic carbocycles. The first-order valence-electron chi connectivity index (χ1n) is 2.58. The van der Waals surface area contributed by atoms with E-state index in [9.17, 15) is 22.4 Å². The highest BCUT2D eigenvalue weighted by Crippen LogP contribution is 2.56. The van der Waals surface area contributed by atoms with Crippen LogP contribution in [0.3, 0.4) is 0 Å². The number of carbonyl (C=O) groups excluding carboxylic acids is 1. The van der Waals surface area contributed by atoms with Gasteiger partial charge in [0.1, 0.15) is 0 Å². The van der Waals surface area contributed by atoms with E-state index in [4.69, 9.17) is 0 Å². The van der Waals surface area contributed by atoms with Crippen molar-refractivity contribution in [2.45, 2.75) is 12.1 Å². The van der Waals surface area contributed by atoms with E-state index < -0.39 is 22.9 Å². The quantitative estimate of drug-likeness (QED) is 0.250.